The van der Waals surface area contributed by atoms with Gasteiger partial charge in [-0.1, -0.05) is 13.0 Å². The Morgan fingerprint density at radius 2 is 2.00 bits per heavy atom. The molecule has 0 saturated carbocycles. The summed E-state index contributed by atoms with van der Waals surface area (Å²) in [6, 6.07) is 6.23. The number of ether oxygens (including phenoxy) is 2. The Kier molecular flexibility index (Phi) is 6.85. The number of carbonyl (C=O) groups is 1. The number of anilines is 2. The summed E-state index contributed by atoms with van der Waals surface area (Å²) >= 11 is 0. The van der Waals surface area contributed by atoms with Crippen molar-refractivity contribution in [2.75, 3.05) is 43.2 Å². The van der Waals surface area contributed by atoms with E-state index in [0.29, 0.717) is 25.7 Å². The zero-order valence-electron chi connectivity index (χ0n) is 16.2. The molecule has 1 aliphatic heterocycles. The molecule has 1 aliphatic rings. The number of benzene rings is 1. The van der Waals surface area contributed by atoms with E-state index in [4.69, 9.17) is 9.47 Å². The van der Waals surface area contributed by atoms with Crippen molar-refractivity contribution < 1.29 is 14.3 Å². The van der Waals surface area contributed by atoms with Crippen LogP contribution in [-0.4, -0.2) is 44.4 Å². The minimum atomic E-state index is -0.0473. The Hall–Kier alpha value is -1.59. The largest absolute Gasteiger partial charge is 0.379 e. The number of rotatable bonds is 8. The van der Waals surface area contributed by atoms with Crippen LogP contribution in [0.2, 0.25) is 0 Å². The summed E-state index contributed by atoms with van der Waals surface area (Å²) < 4.78 is 11.0. The molecule has 0 fully saturated rings. The molecule has 5 heteroatoms. The zero-order chi connectivity index (χ0) is 18.4. The Bertz CT molecular complexity index is 586. The average Bonchev–Trinajstić information content (AvgIpc) is 2.52. The molecule has 0 bridgehead atoms. The summed E-state index contributed by atoms with van der Waals surface area (Å²) in [5.74, 6) is 0.445. The minimum absolute atomic E-state index is 0.0462. The van der Waals surface area contributed by atoms with Gasteiger partial charge in [-0.15, -0.1) is 0 Å². The maximum absolute atomic E-state index is 11.4. The molecular weight excluding hydrogens is 316 g/mol. The van der Waals surface area contributed by atoms with Gasteiger partial charge in [0.05, 0.1) is 19.8 Å². The molecule has 5 nitrogen and oxygen atoms in total. The summed E-state index contributed by atoms with van der Waals surface area (Å²) in [6.07, 6.45) is 1.10. The maximum atomic E-state index is 11.4. The lowest BCUT2D eigenvalue weighted by molar-refractivity contribution is -0.114. The Morgan fingerprint density at radius 3 is 2.68 bits per heavy atom. The van der Waals surface area contributed by atoms with Gasteiger partial charge in [-0.2, -0.15) is 0 Å². The molecule has 0 aromatic heterocycles. The normalized spacial score (nSPS) is 18.8. The molecule has 0 aliphatic carbocycles. The lowest BCUT2D eigenvalue weighted by Gasteiger charge is -2.47. The highest BCUT2D eigenvalue weighted by Gasteiger charge is 2.36. The average molecular weight is 348 g/mol. The molecule has 0 unspecified atom stereocenters. The molecule has 1 aromatic carbocycles. The summed E-state index contributed by atoms with van der Waals surface area (Å²) in [5, 5.41) is 2.89. The van der Waals surface area contributed by atoms with E-state index < -0.39 is 0 Å². The number of hydrogen-bond acceptors (Lipinski definition) is 4. The SMILES string of the molecule is CCOCCOCCN1c2cc(NC(C)=O)ccc2[C@H](C)CC1(C)C. The van der Waals surface area contributed by atoms with Crippen molar-refractivity contribution in [3.8, 4) is 0 Å². The quantitative estimate of drug-likeness (QED) is 0.726. The first-order chi connectivity index (χ1) is 11.8. The van der Waals surface area contributed by atoms with Gasteiger partial charge in [0.25, 0.3) is 0 Å². The Labute approximate surface area is 151 Å². The number of amides is 1. The first-order valence-electron chi connectivity index (χ1n) is 9.20. The third-order valence-electron chi connectivity index (χ3n) is 4.74. The van der Waals surface area contributed by atoms with Crippen molar-refractivity contribution in [1.82, 2.24) is 0 Å². The molecule has 1 atom stereocenters. The Balaban J connectivity index is 2.14. The van der Waals surface area contributed by atoms with Crippen molar-refractivity contribution in [2.45, 2.75) is 52.5 Å². The summed E-state index contributed by atoms with van der Waals surface area (Å²) in [6.45, 7) is 13.8. The fourth-order valence-electron chi connectivity index (χ4n) is 3.71. The molecule has 0 spiro atoms. The summed E-state index contributed by atoms with van der Waals surface area (Å²) in [4.78, 5) is 13.8. The van der Waals surface area contributed by atoms with Crippen LogP contribution in [0.15, 0.2) is 18.2 Å². The number of nitrogens with one attached hydrogen (secondary N) is 1. The van der Waals surface area contributed by atoms with E-state index in [0.717, 1.165) is 25.3 Å². The summed E-state index contributed by atoms with van der Waals surface area (Å²) in [5.41, 5.74) is 3.43. The van der Waals surface area contributed by atoms with Crippen molar-refractivity contribution in [2.24, 2.45) is 0 Å². The fraction of sp³-hybridized carbons (Fsp3) is 0.650. The van der Waals surface area contributed by atoms with Crippen LogP contribution in [0.25, 0.3) is 0 Å². The van der Waals surface area contributed by atoms with Gasteiger partial charge in [0.15, 0.2) is 0 Å². The van der Waals surface area contributed by atoms with Crippen LogP contribution < -0.4 is 10.2 Å². The van der Waals surface area contributed by atoms with Gasteiger partial charge >= 0.3 is 0 Å². The second-order valence-corrected chi connectivity index (χ2v) is 7.33. The lowest BCUT2D eigenvalue weighted by atomic mass is 9.80. The van der Waals surface area contributed by atoms with Crippen LogP contribution in [0.5, 0.6) is 0 Å². The van der Waals surface area contributed by atoms with E-state index in [1.807, 2.05) is 13.0 Å². The zero-order valence-corrected chi connectivity index (χ0v) is 16.2. The van der Waals surface area contributed by atoms with Crippen LogP contribution in [0, 0.1) is 0 Å². The minimum Gasteiger partial charge on any atom is -0.379 e. The molecule has 0 saturated heterocycles. The van der Waals surface area contributed by atoms with Gasteiger partial charge < -0.3 is 19.7 Å². The molecule has 1 aromatic rings. The van der Waals surface area contributed by atoms with E-state index in [9.17, 15) is 4.79 Å². The van der Waals surface area contributed by atoms with Crippen LogP contribution in [0.4, 0.5) is 11.4 Å². The van der Waals surface area contributed by atoms with Crippen LogP contribution in [0.3, 0.4) is 0 Å². The van der Waals surface area contributed by atoms with E-state index in [2.05, 4.69) is 43.1 Å². The van der Waals surface area contributed by atoms with Gasteiger partial charge in [0.1, 0.15) is 0 Å². The highest BCUT2D eigenvalue weighted by molar-refractivity contribution is 5.89. The van der Waals surface area contributed by atoms with Gasteiger partial charge in [-0.3, -0.25) is 4.79 Å². The van der Waals surface area contributed by atoms with Crippen molar-refractivity contribution >= 4 is 17.3 Å². The van der Waals surface area contributed by atoms with Crippen molar-refractivity contribution in [3.05, 3.63) is 23.8 Å². The lowest BCUT2D eigenvalue weighted by Crippen LogP contribution is -2.49. The first kappa shape index (κ1) is 19.7. The molecule has 25 heavy (non-hydrogen) atoms. The second-order valence-electron chi connectivity index (χ2n) is 7.33. The monoisotopic (exact) mass is 348 g/mol. The predicted octanol–water partition coefficient (Wildman–Crippen LogP) is 3.79. The third kappa shape index (κ3) is 5.19. The molecule has 1 N–H and O–H groups in total. The van der Waals surface area contributed by atoms with E-state index in [1.165, 1.54) is 18.2 Å². The molecule has 1 amide bonds. The Morgan fingerprint density at radius 1 is 1.28 bits per heavy atom. The molecule has 2 rings (SSSR count). The molecular formula is C20H32N2O3. The number of carbonyl (C=O) groups excluding carboxylic acids is 1. The van der Waals surface area contributed by atoms with Crippen LogP contribution in [-0.2, 0) is 14.3 Å². The van der Waals surface area contributed by atoms with E-state index in [-0.39, 0.29) is 11.4 Å². The highest BCUT2D eigenvalue weighted by Crippen LogP contribution is 2.44. The van der Waals surface area contributed by atoms with Crippen LogP contribution in [0.1, 0.15) is 52.5 Å². The van der Waals surface area contributed by atoms with Crippen LogP contribution >= 0.6 is 0 Å². The molecule has 1 heterocycles. The van der Waals surface area contributed by atoms with Gasteiger partial charge in [0, 0.05) is 37.0 Å². The highest BCUT2D eigenvalue weighted by atomic mass is 16.5. The standard InChI is InChI=1S/C20H32N2O3/c1-6-24-11-12-25-10-9-22-19-13-17(21-16(3)23)7-8-18(19)15(2)14-20(22,4)5/h7-8,13,15H,6,9-12,14H2,1-5H3,(H,21,23)/t15-/m1/s1. The first-order valence-corrected chi connectivity index (χ1v) is 9.20. The predicted molar refractivity (Wildman–Crippen MR) is 103 cm³/mol. The van der Waals surface area contributed by atoms with Gasteiger partial charge in [-0.05, 0) is 50.8 Å². The van der Waals surface area contributed by atoms with Gasteiger partial charge in [-0.25, -0.2) is 0 Å². The van der Waals surface area contributed by atoms with Gasteiger partial charge in [0.2, 0.25) is 5.91 Å². The second kappa shape index (κ2) is 8.68. The summed E-state index contributed by atoms with van der Waals surface area (Å²) in [7, 11) is 0. The number of nitrogens with zero attached hydrogens (tertiary/aromatic N) is 1. The van der Waals surface area contributed by atoms with E-state index >= 15 is 0 Å². The molecule has 140 valence electrons. The fourth-order valence-corrected chi connectivity index (χ4v) is 3.71. The number of fused-ring (bicyclic) bond motifs is 1. The maximum Gasteiger partial charge on any atom is 0.221 e. The number of hydrogen-bond donors (Lipinski definition) is 1. The van der Waals surface area contributed by atoms with Crippen molar-refractivity contribution in [3.63, 3.8) is 0 Å². The smallest absolute Gasteiger partial charge is 0.221 e. The van der Waals surface area contributed by atoms with E-state index in [1.54, 1.807) is 0 Å². The third-order valence-corrected chi connectivity index (χ3v) is 4.74. The molecule has 0 radical (unpaired) electrons. The topological polar surface area (TPSA) is 50.8 Å². The van der Waals surface area contributed by atoms with Crippen molar-refractivity contribution in [1.29, 1.82) is 0 Å².